The molecule has 1 saturated carbocycles. The SMILES string of the molecule is CCc1csc(C2CCCN(C(=O)C3CC3c3cnn(C)c3)C2)n1. The van der Waals surface area contributed by atoms with E-state index in [1.807, 2.05) is 24.1 Å². The van der Waals surface area contributed by atoms with Crippen molar-refractivity contribution < 1.29 is 4.79 Å². The number of amides is 1. The van der Waals surface area contributed by atoms with Crippen molar-refractivity contribution in [1.82, 2.24) is 19.7 Å². The monoisotopic (exact) mass is 344 g/mol. The maximum atomic E-state index is 12.9. The van der Waals surface area contributed by atoms with E-state index in [0.29, 0.717) is 17.7 Å². The van der Waals surface area contributed by atoms with Crippen LogP contribution < -0.4 is 0 Å². The Bertz CT molecular complexity index is 737. The summed E-state index contributed by atoms with van der Waals surface area (Å²) in [6.07, 6.45) is 8.14. The van der Waals surface area contributed by atoms with Gasteiger partial charge in [-0.15, -0.1) is 11.3 Å². The van der Waals surface area contributed by atoms with Gasteiger partial charge in [0.15, 0.2) is 0 Å². The normalized spacial score (nSPS) is 26.6. The first kappa shape index (κ1) is 15.8. The van der Waals surface area contributed by atoms with Crippen molar-refractivity contribution in [2.75, 3.05) is 13.1 Å². The van der Waals surface area contributed by atoms with Crippen LogP contribution in [0.1, 0.15) is 54.3 Å². The molecule has 2 fully saturated rings. The third-order valence-electron chi connectivity index (χ3n) is 5.27. The summed E-state index contributed by atoms with van der Waals surface area (Å²) in [5, 5.41) is 7.61. The Morgan fingerprint density at radius 3 is 3.04 bits per heavy atom. The van der Waals surface area contributed by atoms with Crippen LogP contribution in [0.2, 0.25) is 0 Å². The van der Waals surface area contributed by atoms with Gasteiger partial charge in [-0.1, -0.05) is 6.92 Å². The van der Waals surface area contributed by atoms with Crippen LogP contribution in [-0.2, 0) is 18.3 Å². The van der Waals surface area contributed by atoms with E-state index in [0.717, 1.165) is 38.8 Å². The second-order valence-electron chi connectivity index (χ2n) is 7.05. The lowest BCUT2D eigenvalue weighted by atomic mass is 9.98. The molecular weight excluding hydrogens is 320 g/mol. The van der Waals surface area contributed by atoms with Gasteiger partial charge in [0, 0.05) is 43.5 Å². The molecule has 0 bridgehead atoms. The van der Waals surface area contributed by atoms with E-state index in [-0.39, 0.29) is 5.92 Å². The summed E-state index contributed by atoms with van der Waals surface area (Å²) in [7, 11) is 1.93. The minimum Gasteiger partial charge on any atom is -0.342 e. The molecule has 0 spiro atoms. The number of likely N-dealkylation sites (tertiary alicyclic amines) is 1. The molecule has 1 amide bonds. The minimum atomic E-state index is 0.162. The van der Waals surface area contributed by atoms with Gasteiger partial charge in [-0.25, -0.2) is 4.98 Å². The largest absolute Gasteiger partial charge is 0.342 e. The summed E-state index contributed by atoms with van der Waals surface area (Å²) < 4.78 is 1.82. The number of nitrogens with zero attached hydrogens (tertiary/aromatic N) is 4. The smallest absolute Gasteiger partial charge is 0.226 e. The van der Waals surface area contributed by atoms with Gasteiger partial charge >= 0.3 is 0 Å². The first-order chi connectivity index (χ1) is 11.7. The van der Waals surface area contributed by atoms with Crippen molar-refractivity contribution in [1.29, 1.82) is 0 Å². The predicted molar refractivity (Wildman–Crippen MR) is 94.1 cm³/mol. The van der Waals surface area contributed by atoms with Gasteiger partial charge in [-0.2, -0.15) is 5.10 Å². The molecule has 2 aromatic rings. The van der Waals surface area contributed by atoms with Crippen LogP contribution in [0, 0.1) is 5.92 Å². The molecule has 4 rings (SSSR count). The maximum Gasteiger partial charge on any atom is 0.226 e. The van der Waals surface area contributed by atoms with Crippen LogP contribution in [-0.4, -0.2) is 38.7 Å². The van der Waals surface area contributed by atoms with Gasteiger partial charge in [0.05, 0.1) is 16.9 Å². The average Bonchev–Trinajstić information content (AvgIpc) is 3.04. The molecule has 1 aliphatic heterocycles. The highest BCUT2D eigenvalue weighted by molar-refractivity contribution is 7.09. The van der Waals surface area contributed by atoms with Gasteiger partial charge in [0.1, 0.15) is 0 Å². The first-order valence-electron chi connectivity index (χ1n) is 8.87. The summed E-state index contributed by atoms with van der Waals surface area (Å²) in [6.45, 7) is 3.88. The Balaban J connectivity index is 1.40. The van der Waals surface area contributed by atoms with Crippen molar-refractivity contribution in [3.8, 4) is 0 Å². The number of carbonyl (C=O) groups excluding carboxylic acids is 1. The highest BCUT2D eigenvalue weighted by Crippen LogP contribution is 2.48. The Hall–Kier alpha value is -1.69. The fourth-order valence-electron chi connectivity index (χ4n) is 3.75. The lowest BCUT2D eigenvalue weighted by Crippen LogP contribution is -2.40. The van der Waals surface area contributed by atoms with Crippen LogP contribution in [0.15, 0.2) is 17.8 Å². The lowest BCUT2D eigenvalue weighted by Gasteiger charge is -2.32. The Labute approximate surface area is 146 Å². The maximum absolute atomic E-state index is 12.9. The summed E-state index contributed by atoms with van der Waals surface area (Å²) >= 11 is 1.76. The molecule has 2 aliphatic rings. The number of aryl methyl sites for hydroxylation is 2. The van der Waals surface area contributed by atoms with Crippen molar-refractivity contribution in [3.63, 3.8) is 0 Å². The predicted octanol–water partition coefficient (Wildman–Crippen LogP) is 2.95. The summed E-state index contributed by atoms with van der Waals surface area (Å²) in [6, 6.07) is 0. The molecule has 3 unspecified atom stereocenters. The number of hydrogen-bond acceptors (Lipinski definition) is 4. The molecule has 0 radical (unpaired) electrons. The van der Waals surface area contributed by atoms with Crippen molar-refractivity contribution in [3.05, 3.63) is 34.0 Å². The van der Waals surface area contributed by atoms with Crippen molar-refractivity contribution >= 4 is 17.2 Å². The van der Waals surface area contributed by atoms with Gasteiger partial charge in [-0.3, -0.25) is 9.48 Å². The second-order valence-corrected chi connectivity index (χ2v) is 7.94. The number of aromatic nitrogens is 3. The summed E-state index contributed by atoms with van der Waals surface area (Å²) in [5.41, 5.74) is 2.38. The Morgan fingerprint density at radius 2 is 2.33 bits per heavy atom. The molecule has 24 heavy (non-hydrogen) atoms. The Morgan fingerprint density at radius 1 is 1.46 bits per heavy atom. The summed E-state index contributed by atoms with van der Waals surface area (Å²) in [5.74, 6) is 1.29. The molecule has 1 saturated heterocycles. The van der Waals surface area contributed by atoms with Gasteiger partial charge < -0.3 is 4.90 Å². The van der Waals surface area contributed by atoms with E-state index < -0.39 is 0 Å². The second kappa shape index (κ2) is 6.31. The van der Waals surface area contributed by atoms with Crippen LogP contribution in [0.25, 0.3) is 0 Å². The zero-order valence-corrected chi connectivity index (χ0v) is 15.1. The lowest BCUT2D eigenvalue weighted by molar-refractivity contribution is -0.133. The van der Waals surface area contributed by atoms with Crippen molar-refractivity contribution in [2.24, 2.45) is 13.0 Å². The van der Waals surface area contributed by atoms with Gasteiger partial charge in [-0.05, 0) is 37.2 Å². The molecule has 1 aliphatic carbocycles. The van der Waals surface area contributed by atoms with Crippen LogP contribution >= 0.6 is 11.3 Å². The molecule has 3 heterocycles. The molecule has 128 valence electrons. The molecular formula is C18H24N4OS. The number of hydrogen-bond donors (Lipinski definition) is 0. The third kappa shape index (κ3) is 2.99. The molecule has 5 nitrogen and oxygen atoms in total. The van der Waals surface area contributed by atoms with Crippen LogP contribution in [0.3, 0.4) is 0 Å². The third-order valence-corrected chi connectivity index (χ3v) is 6.33. The topological polar surface area (TPSA) is 51.0 Å². The average molecular weight is 344 g/mol. The van der Waals surface area contributed by atoms with Crippen molar-refractivity contribution in [2.45, 2.75) is 44.4 Å². The molecule has 0 aromatic carbocycles. The highest BCUT2D eigenvalue weighted by atomic mass is 32.1. The Kier molecular flexibility index (Phi) is 4.16. The van der Waals surface area contributed by atoms with Crippen LogP contribution in [0.5, 0.6) is 0 Å². The number of piperidine rings is 1. The van der Waals surface area contributed by atoms with E-state index in [2.05, 4.69) is 22.3 Å². The first-order valence-corrected chi connectivity index (χ1v) is 9.75. The number of thiazole rings is 1. The van der Waals surface area contributed by atoms with E-state index >= 15 is 0 Å². The van der Waals surface area contributed by atoms with Gasteiger partial charge in [0.2, 0.25) is 5.91 Å². The number of carbonyl (C=O) groups is 1. The van der Waals surface area contributed by atoms with E-state index in [4.69, 9.17) is 4.98 Å². The minimum absolute atomic E-state index is 0.162. The summed E-state index contributed by atoms with van der Waals surface area (Å²) in [4.78, 5) is 19.7. The molecule has 6 heteroatoms. The quantitative estimate of drug-likeness (QED) is 0.857. The van der Waals surface area contributed by atoms with E-state index in [1.165, 1.54) is 16.3 Å². The highest BCUT2D eigenvalue weighted by Gasteiger charge is 2.47. The van der Waals surface area contributed by atoms with E-state index in [1.54, 1.807) is 11.3 Å². The zero-order valence-electron chi connectivity index (χ0n) is 14.3. The van der Waals surface area contributed by atoms with Crippen LogP contribution in [0.4, 0.5) is 0 Å². The molecule has 3 atom stereocenters. The van der Waals surface area contributed by atoms with E-state index in [9.17, 15) is 4.79 Å². The fourth-order valence-corrected chi connectivity index (χ4v) is 4.78. The zero-order chi connectivity index (χ0) is 16.7. The van der Waals surface area contributed by atoms with Gasteiger partial charge in [0.25, 0.3) is 0 Å². The fraction of sp³-hybridized carbons (Fsp3) is 0.611. The molecule has 0 N–H and O–H groups in total. The number of rotatable bonds is 4. The standard InChI is InChI=1S/C18H24N4OS/c1-3-14-11-24-17(20-14)12-5-4-6-22(10-12)18(23)16-7-15(16)13-8-19-21(2)9-13/h8-9,11-12,15-16H,3-7,10H2,1-2H3. The molecule has 2 aromatic heterocycles.